The van der Waals surface area contributed by atoms with Crippen LogP contribution in [0, 0.1) is 11.6 Å². The topological polar surface area (TPSA) is 63.8 Å². The highest BCUT2D eigenvalue weighted by atomic mass is 19.1. The van der Waals surface area contributed by atoms with Gasteiger partial charge >= 0.3 is 0 Å². The van der Waals surface area contributed by atoms with Crippen LogP contribution in [0.25, 0.3) is 0 Å². The van der Waals surface area contributed by atoms with Crippen molar-refractivity contribution in [2.45, 2.75) is 19.8 Å². The molecule has 3 N–H and O–H groups in total. The van der Waals surface area contributed by atoms with Crippen LogP contribution in [0.3, 0.4) is 0 Å². The lowest BCUT2D eigenvalue weighted by Gasteiger charge is -2.12. The van der Waals surface area contributed by atoms with Gasteiger partial charge in [0.25, 0.3) is 0 Å². The first-order valence-corrected chi connectivity index (χ1v) is 5.93. The predicted octanol–water partition coefficient (Wildman–Crippen LogP) is 3.03. The lowest BCUT2D eigenvalue weighted by Crippen LogP contribution is -2.07. The Kier molecular flexibility index (Phi) is 3.89. The molecule has 0 saturated heterocycles. The van der Waals surface area contributed by atoms with E-state index in [4.69, 9.17) is 5.73 Å². The van der Waals surface area contributed by atoms with Gasteiger partial charge in [0.2, 0.25) is 0 Å². The number of aromatic nitrogens is 2. The second-order valence-electron chi connectivity index (χ2n) is 4.06. The standard InChI is InChI=1S/C13H14F2N4/c1-2-4-8-12(16)17-7-18-13(8)19-11-9(14)5-3-6-10(11)15/h3,5-7H,2,4H2,1H3,(H3,16,17,18,19). The number of hydrogen-bond donors (Lipinski definition) is 2. The van der Waals surface area contributed by atoms with Crippen LogP contribution in [0.1, 0.15) is 18.9 Å². The van der Waals surface area contributed by atoms with Crippen molar-refractivity contribution in [2.24, 2.45) is 0 Å². The largest absolute Gasteiger partial charge is 0.383 e. The molecule has 2 aromatic rings. The van der Waals surface area contributed by atoms with Gasteiger partial charge in [-0.2, -0.15) is 0 Å². The summed E-state index contributed by atoms with van der Waals surface area (Å²) in [6, 6.07) is 3.65. The van der Waals surface area contributed by atoms with E-state index < -0.39 is 11.6 Å². The van der Waals surface area contributed by atoms with Gasteiger partial charge in [-0.05, 0) is 18.6 Å². The van der Waals surface area contributed by atoms with Gasteiger partial charge in [0.15, 0.2) is 0 Å². The fourth-order valence-electron chi connectivity index (χ4n) is 1.77. The Morgan fingerprint density at radius 1 is 1.21 bits per heavy atom. The van der Waals surface area contributed by atoms with E-state index in [2.05, 4.69) is 15.3 Å². The van der Waals surface area contributed by atoms with Gasteiger partial charge in [-0.25, -0.2) is 18.7 Å². The van der Waals surface area contributed by atoms with Crippen LogP contribution in [-0.4, -0.2) is 9.97 Å². The molecule has 0 atom stereocenters. The summed E-state index contributed by atoms with van der Waals surface area (Å²) in [5.74, 6) is -0.714. The third kappa shape index (κ3) is 2.78. The first-order valence-electron chi connectivity index (χ1n) is 5.93. The van der Waals surface area contributed by atoms with E-state index in [0.717, 1.165) is 6.42 Å². The molecule has 1 aromatic carbocycles. The molecule has 1 heterocycles. The zero-order valence-electron chi connectivity index (χ0n) is 10.5. The monoisotopic (exact) mass is 264 g/mol. The second-order valence-corrected chi connectivity index (χ2v) is 4.06. The quantitative estimate of drug-likeness (QED) is 0.891. The fourth-order valence-corrected chi connectivity index (χ4v) is 1.77. The molecule has 0 fully saturated rings. The number of rotatable bonds is 4. The van der Waals surface area contributed by atoms with Crippen LogP contribution < -0.4 is 11.1 Å². The van der Waals surface area contributed by atoms with Gasteiger partial charge in [0.1, 0.15) is 35.3 Å². The number of nitrogen functional groups attached to an aromatic ring is 1. The number of hydrogen-bond acceptors (Lipinski definition) is 4. The van der Waals surface area contributed by atoms with E-state index in [1.54, 1.807) is 0 Å². The second kappa shape index (κ2) is 5.60. The molecular weight excluding hydrogens is 250 g/mol. The van der Waals surface area contributed by atoms with Gasteiger partial charge in [-0.3, -0.25) is 0 Å². The normalized spacial score (nSPS) is 10.5. The molecular formula is C13H14F2N4. The molecule has 0 radical (unpaired) electrons. The molecule has 2 rings (SSSR count). The molecule has 0 bridgehead atoms. The van der Waals surface area contributed by atoms with Crippen LogP contribution >= 0.6 is 0 Å². The highest BCUT2D eigenvalue weighted by molar-refractivity contribution is 5.64. The minimum Gasteiger partial charge on any atom is -0.383 e. The first kappa shape index (κ1) is 13.2. The van der Waals surface area contributed by atoms with Crippen molar-refractivity contribution < 1.29 is 8.78 Å². The minimum absolute atomic E-state index is 0.238. The smallest absolute Gasteiger partial charge is 0.149 e. The molecule has 1 aromatic heterocycles. The molecule has 19 heavy (non-hydrogen) atoms. The van der Waals surface area contributed by atoms with E-state index in [1.807, 2.05) is 6.92 Å². The molecule has 0 unspecified atom stereocenters. The summed E-state index contributed by atoms with van der Waals surface area (Å²) in [4.78, 5) is 7.88. The van der Waals surface area contributed by atoms with Gasteiger partial charge in [0.05, 0.1) is 0 Å². The molecule has 0 aliphatic heterocycles. The van der Waals surface area contributed by atoms with Crippen molar-refractivity contribution in [3.05, 3.63) is 41.7 Å². The maximum atomic E-state index is 13.6. The van der Waals surface area contributed by atoms with E-state index in [1.165, 1.54) is 24.5 Å². The first-order chi connectivity index (χ1) is 9.13. The Labute approximate surface area is 109 Å². The summed E-state index contributed by atoms with van der Waals surface area (Å²) in [5.41, 5.74) is 6.18. The van der Waals surface area contributed by atoms with E-state index in [-0.39, 0.29) is 5.69 Å². The van der Waals surface area contributed by atoms with Crippen molar-refractivity contribution >= 4 is 17.3 Å². The Morgan fingerprint density at radius 2 is 1.89 bits per heavy atom. The van der Waals surface area contributed by atoms with Gasteiger partial charge in [0, 0.05) is 5.56 Å². The van der Waals surface area contributed by atoms with Crippen LogP contribution in [0.4, 0.5) is 26.1 Å². The Balaban J connectivity index is 2.41. The van der Waals surface area contributed by atoms with Crippen molar-refractivity contribution in [1.29, 1.82) is 0 Å². The minimum atomic E-state index is -0.681. The molecule has 0 saturated carbocycles. The van der Waals surface area contributed by atoms with Crippen molar-refractivity contribution in [2.75, 3.05) is 11.1 Å². The number of nitrogens with two attached hydrogens (primary N) is 1. The summed E-state index contributed by atoms with van der Waals surface area (Å²) in [5, 5.41) is 2.65. The lowest BCUT2D eigenvalue weighted by molar-refractivity contribution is 0.590. The van der Waals surface area contributed by atoms with Crippen LogP contribution in [0.5, 0.6) is 0 Å². The number of halogens is 2. The average molecular weight is 264 g/mol. The third-order valence-corrected chi connectivity index (χ3v) is 2.68. The summed E-state index contributed by atoms with van der Waals surface area (Å²) < 4.78 is 27.2. The summed E-state index contributed by atoms with van der Waals surface area (Å²) in [6.07, 6.45) is 2.71. The zero-order valence-corrected chi connectivity index (χ0v) is 10.5. The number of nitrogens with zero attached hydrogens (tertiary/aromatic N) is 2. The summed E-state index contributed by atoms with van der Waals surface area (Å²) >= 11 is 0. The highest BCUT2D eigenvalue weighted by Gasteiger charge is 2.13. The van der Waals surface area contributed by atoms with Gasteiger partial charge in [-0.1, -0.05) is 19.4 Å². The van der Waals surface area contributed by atoms with Crippen LogP contribution in [-0.2, 0) is 6.42 Å². The van der Waals surface area contributed by atoms with E-state index in [9.17, 15) is 8.78 Å². The molecule has 6 heteroatoms. The van der Waals surface area contributed by atoms with E-state index >= 15 is 0 Å². The lowest BCUT2D eigenvalue weighted by atomic mass is 10.1. The van der Waals surface area contributed by atoms with Crippen molar-refractivity contribution in [1.82, 2.24) is 9.97 Å². The SMILES string of the molecule is CCCc1c(N)ncnc1Nc1c(F)cccc1F. The van der Waals surface area contributed by atoms with Gasteiger partial charge < -0.3 is 11.1 Å². The summed E-state index contributed by atoms with van der Waals surface area (Å²) in [6.45, 7) is 1.97. The molecule has 0 amide bonds. The molecule has 0 aliphatic carbocycles. The molecule has 4 nitrogen and oxygen atoms in total. The zero-order chi connectivity index (χ0) is 13.8. The predicted molar refractivity (Wildman–Crippen MR) is 70.1 cm³/mol. The average Bonchev–Trinajstić information content (AvgIpc) is 2.38. The number of benzene rings is 1. The Morgan fingerprint density at radius 3 is 2.53 bits per heavy atom. The number of anilines is 3. The number of para-hydroxylation sites is 1. The number of nitrogens with one attached hydrogen (secondary N) is 1. The van der Waals surface area contributed by atoms with Crippen molar-refractivity contribution in [3.8, 4) is 0 Å². The van der Waals surface area contributed by atoms with Crippen LogP contribution in [0.2, 0.25) is 0 Å². The molecule has 0 spiro atoms. The maximum absolute atomic E-state index is 13.6. The molecule has 100 valence electrons. The van der Waals surface area contributed by atoms with Crippen LogP contribution in [0.15, 0.2) is 24.5 Å². The fraction of sp³-hybridized carbons (Fsp3) is 0.231. The third-order valence-electron chi connectivity index (χ3n) is 2.68. The van der Waals surface area contributed by atoms with Crippen molar-refractivity contribution in [3.63, 3.8) is 0 Å². The Hall–Kier alpha value is -2.24. The van der Waals surface area contributed by atoms with Gasteiger partial charge in [-0.15, -0.1) is 0 Å². The Bertz CT molecular complexity index is 567. The van der Waals surface area contributed by atoms with E-state index in [0.29, 0.717) is 23.6 Å². The summed E-state index contributed by atoms with van der Waals surface area (Å²) in [7, 11) is 0. The highest BCUT2D eigenvalue weighted by Crippen LogP contribution is 2.26. The maximum Gasteiger partial charge on any atom is 0.149 e. The molecule has 0 aliphatic rings.